The molecule has 1 aromatic carbocycles. The van der Waals surface area contributed by atoms with Gasteiger partial charge in [0, 0.05) is 32.3 Å². The van der Waals surface area contributed by atoms with Crippen molar-refractivity contribution in [1.29, 1.82) is 0 Å². The SMILES string of the molecule is c1ccc2[nH]c(NC3CCN(C[C@@H]4CCOC4)CC3)nc2c1. The van der Waals surface area contributed by atoms with Gasteiger partial charge in [0.2, 0.25) is 5.95 Å². The van der Waals surface area contributed by atoms with Crippen LogP contribution < -0.4 is 5.32 Å². The molecule has 0 saturated carbocycles. The van der Waals surface area contributed by atoms with Crippen LogP contribution in [0, 0.1) is 5.92 Å². The maximum atomic E-state index is 5.48. The van der Waals surface area contributed by atoms with Gasteiger partial charge < -0.3 is 19.9 Å². The van der Waals surface area contributed by atoms with Crippen LogP contribution in [0.3, 0.4) is 0 Å². The summed E-state index contributed by atoms with van der Waals surface area (Å²) in [6, 6.07) is 8.70. The van der Waals surface area contributed by atoms with Gasteiger partial charge in [0.05, 0.1) is 17.6 Å². The number of benzene rings is 1. The molecule has 2 aliphatic rings. The van der Waals surface area contributed by atoms with E-state index in [-0.39, 0.29) is 0 Å². The number of hydrogen-bond donors (Lipinski definition) is 2. The first-order valence-electron chi connectivity index (χ1n) is 8.38. The summed E-state index contributed by atoms with van der Waals surface area (Å²) in [4.78, 5) is 10.6. The molecule has 0 bridgehead atoms. The van der Waals surface area contributed by atoms with Crippen LogP contribution in [0.1, 0.15) is 19.3 Å². The number of ether oxygens (including phenoxy) is 1. The minimum atomic E-state index is 0.525. The van der Waals surface area contributed by atoms with Crippen molar-refractivity contribution in [3.05, 3.63) is 24.3 Å². The number of H-pyrrole nitrogens is 1. The Balaban J connectivity index is 1.29. The molecule has 1 atom stereocenters. The first-order chi connectivity index (χ1) is 10.9. The summed E-state index contributed by atoms with van der Waals surface area (Å²) in [7, 11) is 0. The second-order valence-electron chi connectivity index (χ2n) is 6.55. The number of para-hydroxylation sites is 2. The van der Waals surface area contributed by atoms with Crippen molar-refractivity contribution >= 4 is 17.0 Å². The highest BCUT2D eigenvalue weighted by Gasteiger charge is 2.24. The topological polar surface area (TPSA) is 53.2 Å². The van der Waals surface area contributed by atoms with Gasteiger partial charge in [-0.05, 0) is 37.3 Å². The summed E-state index contributed by atoms with van der Waals surface area (Å²) in [6.45, 7) is 5.46. The van der Waals surface area contributed by atoms with Crippen molar-refractivity contribution in [2.24, 2.45) is 5.92 Å². The molecule has 0 unspecified atom stereocenters. The first-order valence-corrected chi connectivity index (χ1v) is 8.38. The maximum absolute atomic E-state index is 5.48. The van der Waals surface area contributed by atoms with Gasteiger partial charge in [-0.15, -0.1) is 0 Å². The Kier molecular flexibility index (Phi) is 3.99. The first kappa shape index (κ1) is 14.0. The molecule has 2 N–H and O–H groups in total. The van der Waals surface area contributed by atoms with E-state index in [1.807, 2.05) is 18.2 Å². The van der Waals surface area contributed by atoms with Gasteiger partial charge in [0.15, 0.2) is 0 Å². The Morgan fingerprint density at radius 1 is 1.23 bits per heavy atom. The summed E-state index contributed by atoms with van der Waals surface area (Å²) < 4.78 is 5.48. The Bertz CT molecular complexity index is 579. The molecular formula is C17H24N4O. The van der Waals surface area contributed by atoms with E-state index in [0.717, 1.165) is 36.1 Å². The molecule has 0 amide bonds. The van der Waals surface area contributed by atoms with Crippen molar-refractivity contribution in [2.45, 2.75) is 25.3 Å². The molecule has 118 valence electrons. The fraction of sp³-hybridized carbons (Fsp3) is 0.588. The number of aromatic nitrogens is 2. The second-order valence-corrected chi connectivity index (χ2v) is 6.55. The van der Waals surface area contributed by atoms with Crippen LogP contribution in [-0.4, -0.2) is 53.8 Å². The van der Waals surface area contributed by atoms with E-state index < -0.39 is 0 Å². The number of aromatic amines is 1. The highest BCUT2D eigenvalue weighted by atomic mass is 16.5. The molecule has 2 fully saturated rings. The number of fused-ring (bicyclic) bond motifs is 1. The second kappa shape index (κ2) is 6.26. The number of anilines is 1. The van der Waals surface area contributed by atoms with Crippen LogP contribution in [0.25, 0.3) is 11.0 Å². The third-order valence-corrected chi connectivity index (χ3v) is 4.86. The Morgan fingerprint density at radius 3 is 2.86 bits per heavy atom. The van der Waals surface area contributed by atoms with Crippen LogP contribution in [-0.2, 0) is 4.74 Å². The maximum Gasteiger partial charge on any atom is 0.201 e. The van der Waals surface area contributed by atoms with Crippen molar-refractivity contribution < 1.29 is 4.74 Å². The molecule has 1 aromatic heterocycles. The normalized spacial score (nSPS) is 24.1. The average molecular weight is 300 g/mol. The summed E-state index contributed by atoms with van der Waals surface area (Å²) >= 11 is 0. The summed E-state index contributed by atoms with van der Waals surface area (Å²) in [5.74, 6) is 1.66. The molecule has 22 heavy (non-hydrogen) atoms. The van der Waals surface area contributed by atoms with E-state index >= 15 is 0 Å². The molecule has 2 aliphatic heterocycles. The summed E-state index contributed by atoms with van der Waals surface area (Å²) in [5, 5.41) is 3.57. The number of rotatable bonds is 4. The van der Waals surface area contributed by atoms with E-state index in [0.29, 0.717) is 6.04 Å². The number of nitrogens with zero attached hydrogens (tertiary/aromatic N) is 2. The number of hydrogen-bond acceptors (Lipinski definition) is 4. The van der Waals surface area contributed by atoms with Crippen molar-refractivity contribution in [3.8, 4) is 0 Å². The fourth-order valence-electron chi connectivity index (χ4n) is 3.57. The highest BCUT2D eigenvalue weighted by molar-refractivity contribution is 5.77. The zero-order chi connectivity index (χ0) is 14.8. The van der Waals surface area contributed by atoms with Crippen LogP contribution in [0.15, 0.2) is 24.3 Å². The lowest BCUT2D eigenvalue weighted by molar-refractivity contribution is 0.154. The van der Waals surface area contributed by atoms with Crippen LogP contribution in [0.5, 0.6) is 0 Å². The Hall–Kier alpha value is -1.59. The van der Waals surface area contributed by atoms with Crippen LogP contribution in [0.4, 0.5) is 5.95 Å². The van der Waals surface area contributed by atoms with Crippen LogP contribution >= 0.6 is 0 Å². The quantitative estimate of drug-likeness (QED) is 0.911. The smallest absolute Gasteiger partial charge is 0.201 e. The van der Waals surface area contributed by atoms with E-state index in [4.69, 9.17) is 4.74 Å². The van der Waals surface area contributed by atoms with Crippen LogP contribution in [0.2, 0.25) is 0 Å². The summed E-state index contributed by atoms with van der Waals surface area (Å²) in [5.41, 5.74) is 2.13. The molecule has 5 nitrogen and oxygen atoms in total. The minimum absolute atomic E-state index is 0.525. The van der Waals surface area contributed by atoms with Gasteiger partial charge in [-0.25, -0.2) is 4.98 Å². The monoisotopic (exact) mass is 300 g/mol. The number of nitrogens with one attached hydrogen (secondary N) is 2. The summed E-state index contributed by atoms with van der Waals surface area (Å²) in [6.07, 6.45) is 3.60. The van der Waals surface area contributed by atoms with Gasteiger partial charge in [0.25, 0.3) is 0 Å². The van der Waals surface area contributed by atoms with Crippen molar-refractivity contribution in [3.63, 3.8) is 0 Å². The highest BCUT2D eigenvalue weighted by Crippen LogP contribution is 2.20. The molecule has 0 spiro atoms. The lowest BCUT2D eigenvalue weighted by atomic mass is 10.0. The Morgan fingerprint density at radius 2 is 2.09 bits per heavy atom. The number of piperidine rings is 1. The average Bonchev–Trinajstić information content (AvgIpc) is 3.18. The van der Waals surface area contributed by atoms with E-state index in [1.165, 1.54) is 38.9 Å². The van der Waals surface area contributed by atoms with Gasteiger partial charge >= 0.3 is 0 Å². The minimum Gasteiger partial charge on any atom is -0.381 e. The molecule has 0 aliphatic carbocycles. The van der Waals surface area contributed by atoms with E-state index in [2.05, 4.69) is 26.3 Å². The zero-order valence-corrected chi connectivity index (χ0v) is 12.9. The molecule has 0 radical (unpaired) electrons. The van der Waals surface area contributed by atoms with Gasteiger partial charge in [-0.3, -0.25) is 0 Å². The van der Waals surface area contributed by atoms with Gasteiger partial charge in [0.1, 0.15) is 0 Å². The largest absolute Gasteiger partial charge is 0.381 e. The van der Waals surface area contributed by atoms with Crippen molar-refractivity contribution in [2.75, 3.05) is 38.2 Å². The lowest BCUT2D eigenvalue weighted by Crippen LogP contribution is -2.41. The van der Waals surface area contributed by atoms with E-state index in [9.17, 15) is 0 Å². The number of imidazole rings is 1. The third kappa shape index (κ3) is 3.10. The zero-order valence-electron chi connectivity index (χ0n) is 12.9. The van der Waals surface area contributed by atoms with Gasteiger partial charge in [-0.2, -0.15) is 0 Å². The van der Waals surface area contributed by atoms with Gasteiger partial charge in [-0.1, -0.05) is 12.1 Å². The Labute approximate surface area is 131 Å². The lowest BCUT2D eigenvalue weighted by Gasteiger charge is -2.33. The van der Waals surface area contributed by atoms with Crippen molar-refractivity contribution in [1.82, 2.24) is 14.9 Å². The molecule has 4 rings (SSSR count). The number of likely N-dealkylation sites (tertiary alicyclic amines) is 1. The predicted octanol–water partition coefficient (Wildman–Crippen LogP) is 2.48. The molecule has 5 heteroatoms. The molecular weight excluding hydrogens is 276 g/mol. The fourth-order valence-corrected chi connectivity index (χ4v) is 3.57. The molecule has 2 saturated heterocycles. The molecule has 2 aromatic rings. The molecule has 3 heterocycles. The predicted molar refractivity (Wildman–Crippen MR) is 88.1 cm³/mol. The standard InChI is InChI=1S/C17H24N4O/c1-2-4-16-15(3-1)19-17(20-16)18-14-5-8-21(9-6-14)11-13-7-10-22-12-13/h1-4,13-14H,5-12H2,(H2,18,19,20)/t13-/m0/s1. The third-order valence-electron chi connectivity index (χ3n) is 4.86. The van der Waals surface area contributed by atoms with E-state index in [1.54, 1.807) is 0 Å².